The number of allylic oxidation sites excluding steroid dienone is 1. The van der Waals surface area contributed by atoms with Gasteiger partial charge in [0.2, 0.25) is 0 Å². The average Bonchev–Trinajstić information content (AvgIpc) is 2.37. The number of carbonyl (C=O) groups excluding carboxylic acids is 2. The summed E-state index contributed by atoms with van der Waals surface area (Å²) in [6.07, 6.45) is 2.02. The van der Waals surface area contributed by atoms with E-state index in [1.54, 1.807) is 25.1 Å². The summed E-state index contributed by atoms with van der Waals surface area (Å²) in [5.41, 5.74) is 0.758. The van der Waals surface area contributed by atoms with E-state index < -0.39 is 12.0 Å². The highest BCUT2D eigenvalue weighted by Crippen LogP contribution is 2.13. The number of imide groups is 1. The molecule has 0 atom stereocenters. The van der Waals surface area contributed by atoms with E-state index in [4.69, 9.17) is 5.11 Å². The lowest BCUT2D eigenvalue weighted by molar-refractivity contribution is -0.104. The number of amides is 2. The monoisotopic (exact) mass is 247 g/mol. The molecule has 0 saturated heterocycles. The van der Waals surface area contributed by atoms with Crippen molar-refractivity contribution >= 4 is 24.4 Å². The lowest BCUT2D eigenvalue weighted by atomic mass is 10.1. The van der Waals surface area contributed by atoms with E-state index in [1.807, 2.05) is 0 Å². The SMILES string of the molecule is CCN(C(=O)O)C(=O)c1ccccc1/C=C/C=O. The second-order valence-corrected chi connectivity index (χ2v) is 3.41. The van der Waals surface area contributed by atoms with E-state index in [0.29, 0.717) is 16.7 Å². The fraction of sp³-hybridized carbons (Fsp3) is 0.154. The van der Waals surface area contributed by atoms with Gasteiger partial charge in [0, 0.05) is 12.1 Å². The summed E-state index contributed by atoms with van der Waals surface area (Å²) in [7, 11) is 0. The van der Waals surface area contributed by atoms with Crippen molar-refractivity contribution in [3.8, 4) is 0 Å². The van der Waals surface area contributed by atoms with E-state index >= 15 is 0 Å². The van der Waals surface area contributed by atoms with Gasteiger partial charge in [0.15, 0.2) is 0 Å². The summed E-state index contributed by atoms with van der Waals surface area (Å²) in [4.78, 5) is 33.9. The summed E-state index contributed by atoms with van der Waals surface area (Å²) in [6, 6.07) is 6.51. The number of nitrogens with zero attached hydrogens (tertiary/aromatic N) is 1. The van der Waals surface area contributed by atoms with Gasteiger partial charge in [-0.1, -0.05) is 24.3 Å². The molecule has 1 aromatic carbocycles. The van der Waals surface area contributed by atoms with Gasteiger partial charge < -0.3 is 5.11 Å². The van der Waals surface area contributed by atoms with Crippen LogP contribution in [0.25, 0.3) is 6.08 Å². The second-order valence-electron chi connectivity index (χ2n) is 3.41. The first-order valence-corrected chi connectivity index (χ1v) is 5.37. The molecule has 0 spiro atoms. The van der Waals surface area contributed by atoms with Crippen LogP contribution in [-0.4, -0.2) is 34.8 Å². The Balaban J connectivity index is 3.16. The topological polar surface area (TPSA) is 74.7 Å². The number of aldehydes is 1. The number of hydrogen-bond acceptors (Lipinski definition) is 3. The zero-order chi connectivity index (χ0) is 13.5. The van der Waals surface area contributed by atoms with Crippen LogP contribution in [0.3, 0.4) is 0 Å². The zero-order valence-corrected chi connectivity index (χ0v) is 9.87. The molecule has 0 aliphatic carbocycles. The van der Waals surface area contributed by atoms with Gasteiger partial charge >= 0.3 is 6.09 Å². The van der Waals surface area contributed by atoms with E-state index in [2.05, 4.69) is 0 Å². The van der Waals surface area contributed by atoms with Crippen LogP contribution in [0.2, 0.25) is 0 Å². The predicted octanol–water partition coefficient (Wildman–Crippen LogP) is 2.04. The normalized spacial score (nSPS) is 10.3. The highest BCUT2D eigenvalue weighted by Gasteiger charge is 2.21. The third-order valence-corrected chi connectivity index (χ3v) is 2.34. The van der Waals surface area contributed by atoms with Crippen LogP contribution < -0.4 is 0 Å². The van der Waals surface area contributed by atoms with Crippen molar-refractivity contribution < 1.29 is 19.5 Å². The molecule has 0 saturated carbocycles. The molecule has 94 valence electrons. The molecule has 0 fully saturated rings. The summed E-state index contributed by atoms with van der Waals surface area (Å²) >= 11 is 0. The first kappa shape index (κ1) is 13.6. The Bertz CT molecular complexity index is 494. The molecule has 0 radical (unpaired) electrons. The molecular formula is C13H13NO4. The molecule has 0 unspecified atom stereocenters. The molecule has 0 bridgehead atoms. The minimum Gasteiger partial charge on any atom is -0.465 e. The van der Waals surface area contributed by atoms with E-state index in [-0.39, 0.29) is 12.1 Å². The van der Waals surface area contributed by atoms with Gasteiger partial charge in [0.1, 0.15) is 6.29 Å². The minimum atomic E-state index is -1.29. The van der Waals surface area contributed by atoms with E-state index in [9.17, 15) is 14.4 Å². The van der Waals surface area contributed by atoms with Crippen molar-refractivity contribution in [3.05, 3.63) is 41.5 Å². The van der Waals surface area contributed by atoms with Crippen molar-refractivity contribution in [3.63, 3.8) is 0 Å². The molecule has 1 aromatic rings. The Morgan fingerprint density at radius 2 is 2.00 bits per heavy atom. The van der Waals surface area contributed by atoms with Gasteiger partial charge in [0.25, 0.3) is 5.91 Å². The maximum absolute atomic E-state index is 12.0. The number of carbonyl (C=O) groups is 3. The van der Waals surface area contributed by atoms with Gasteiger partial charge in [0.05, 0.1) is 0 Å². The third-order valence-electron chi connectivity index (χ3n) is 2.34. The molecule has 0 heterocycles. The summed E-state index contributed by atoms with van der Waals surface area (Å²) in [5, 5.41) is 8.90. The second kappa shape index (κ2) is 6.34. The van der Waals surface area contributed by atoms with Gasteiger partial charge in [-0.15, -0.1) is 0 Å². The van der Waals surface area contributed by atoms with Crippen molar-refractivity contribution in [1.82, 2.24) is 4.90 Å². The number of carboxylic acid groups (broad SMARTS) is 1. The predicted molar refractivity (Wildman–Crippen MR) is 66.3 cm³/mol. The molecule has 0 aliphatic heterocycles. The van der Waals surface area contributed by atoms with Crippen LogP contribution in [0.1, 0.15) is 22.8 Å². The molecule has 18 heavy (non-hydrogen) atoms. The lowest BCUT2D eigenvalue weighted by Gasteiger charge is -2.16. The highest BCUT2D eigenvalue weighted by atomic mass is 16.4. The van der Waals surface area contributed by atoms with Gasteiger partial charge in [-0.3, -0.25) is 9.59 Å². The Hall–Kier alpha value is -2.43. The summed E-state index contributed by atoms with van der Waals surface area (Å²) in [6.45, 7) is 1.65. The average molecular weight is 247 g/mol. The molecule has 5 heteroatoms. The van der Waals surface area contributed by atoms with E-state index in [0.717, 1.165) is 0 Å². The largest absolute Gasteiger partial charge is 0.465 e. The van der Waals surface area contributed by atoms with E-state index in [1.165, 1.54) is 18.2 Å². The number of benzene rings is 1. The Morgan fingerprint density at radius 3 is 2.56 bits per heavy atom. The standard InChI is InChI=1S/C13H13NO4/c1-2-14(13(17)18)12(16)11-8-4-3-6-10(11)7-5-9-15/h3-9H,2H2,1H3,(H,17,18)/b7-5+. The Morgan fingerprint density at radius 1 is 1.33 bits per heavy atom. The number of hydrogen-bond donors (Lipinski definition) is 1. The van der Waals surface area contributed by atoms with Crippen LogP contribution in [0.4, 0.5) is 4.79 Å². The van der Waals surface area contributed by atoms with Crippen molar-refractivity contribution in [1.29, 1.82) is 0 Å². The maximum atomic E-state index is 12.0. The van der Waals surface area contributed by atoms with Crippen LogP contribution in [-0.2, 0) is 4.79 Å². The Kier molecular flexibility index (Phi) is 4.80. The van der Waals surface area contributed by atoms with Gasteiger partial charge in [-0.25, -0.2) is 9.69 Å². The molecular weight excluding hydrogens is 234 g/mol. The summed E-state index contributed by atoms with van der Waals surface area (Å²) < 4.78 is 0. The fourth-order valence-corrected chi connectivity index (χ4v) is 1.49. The van der Waals surface area contributed by atoms with Crippen molar-refractivity contribution in [2.24, 2.45) is 0 Å². The summed E-state index contributed by atoms with van der Waals surface area (Å²) in [5.74, 6) is -0.601. The van der Waals surface area contributed by atoms with Crippen LogP contribution >= 0.6 is 0 Å². The first-order chi connectivity index (χ1) is 8.61. The molecule has 0 aliphatic rings. The van der Waals surface area contributed by atoms with Crippen LogP contribution in [0.15, 0.2) is 30.3 Å². The zero-order valence-electron chi connectivity index (χ0n) is 9.87. The Labute approximate surface area is 104 Å². The number of rotatable bonds is 4. The molecule has 1 rings (SSSR count). The molecule has 1 N–H and O–H groups in total. The smallest absolute Gasteiger partial charge is 0.414 e. The highest BCUT2D eigenvalue weighted by molar-refractivity contribution is 6.04. The molecule has 0 aromatic heterocycles. The third kappa shape index (κ3) is 3.04. The quantitative estimate of drug-likeness (QED) is 0.652. The van der Waals surface area contributed by atoms with Crippen LogP contribution in [0, 0.1) is 0 Å². The van der Waals surface area contributed by atoms with Crippen molar-refractivity contribution in [2.45, 2.75) is 6.92 Å². The molecule has 5 nitrogen and oxygen atoms in total. The fourth-order valence-electron chi connectivity index (χ4n) is 1.49. The van der Waals surface area contributed by atoms with Gasteiger partial charge in [-0.05, 0) is 24.6 Å². The first-order valence-electron chi connectivity index (χ1n) is 5.37. The molecule has 2 amide bonds. The van der Waals surface area contributed by atoms with Crippen LogP contribution in [0.5, 0.6) is 0 Å². The maximum Gasteiger partial charge on any atom is 0.414 e. The van der Waals surface area contributed by atoms with Gasteiger partial charge in [-0.2, -0.15) is 0 Å². The minimum absolute atomic E-state index is 0.0693. The lowest BCUT2D eigenvalue weighted by Crippen LogP contribution is -2.35. The van der Waals surface area contributed by atoms with Crippen molar-refractivity contribution in [2.75, 3.05) is 6.54 Å².